The first-order valence-corrected chi connectivity index (χ1v) is 8.41. The Morgan fingerprint density at radius 1 is 1.27 bits per heavy atom. The van der Waals surface area contributed by atoms with E-state index in [-0.39, 0.29) is 18.2 Å². The number of amides is 1. The van der Waals surface area contributed by atoms with Crippen LogP contribution in [0.4, 0.5) is 5.69 Å². The van der Waals surface area contributed by atoms with E-state index in [1.165, 1.54) is 0 Å². The molecule has 1 aliphatic heterocycles. The van der Waals surface area contributed by atoms with E-state index in [2.05, 4.69) is 15.1 Å². The van der Waals surface area contributed by atoms with E-state index in [0.29, 0.717) is 34.7 Å². The lowest BCUT2D eigenvalue weighted by atomic mass is 10.1. The van der Waals surface area contributed by atoms with Crippen LogP contribution in [-0.4, -0.2) is 34.7 Å². The zero-order valence-corrected chi connectivity index (χ0v) is 14.7. The minimum atomic E-state index is -0.186. The Bertz CT molecular complexity index is 945. The first-order chi connectivity index (χ1) is 12.7. The number of pyridine rings is 1. The van der Waals surface area contributed by atoms with Gasteiger partial charge in [-0.25, -0.2) is 0 Å². The summed E-state index contributed by atoms with van der Waals surface area (Å²) in [4.78, 5) is 22.6. The zero-order valence-electron chi connectivity index (χ0n) is 13.9. The molecule has 7 nitrogen and oxygen atoms in total. The summed E-state index contributed by atoms with van der Waals surface area (Å²) in [6.07, 6.45) is 3.61. The second-order valence-electron chi connectivity index (χ2n) is 5.91. The zero-order chi connectivity index (χ0) is 18.1. The molecule has 0 bridgehead atoms. The van der Waals surface area contributed by atoms with Gasteiger partial charge in [0, 0.05) is 35.9 Å². The molecule has 1 fully saturated rings. The highest BCUT2D eigenvalue weighted by Gasteiger charge is 2.36. The Balaban J connectivity index is 1.59. The number of ether oxygens (including phenoxy) is 1. The van der Waals surface area contributed by atoms with Crippen molar-refractivity contribution < 1.29 is 14.1 Å². The van der Waals surface area contributed by atoms with Crippen molar-refractivity contribution in [1.82, 2.24) is 15.1 Å². The van der Waals surface area contributed by atoms with Crippen LogP contribution >= 0.6 is 11.6 Å². The van der Waals surface area contributed by atoms with Crippen molar-refractivity contribution in [2.24, 2.45) is 0 Å². The van der Waals surface area contributed by atoms with Crippen molar-refractivity contribution >= 4 is 23.2 Å². The van der Waals surface area contributed by atoms with Gasteiger partial charge in [0.25, 0.3) is 0 Å². The SMILES string of the molecule is COc1ccc(Cl)cc1N1CC(c2nc(-c3ccncc3)no2)CC1=O. The van der Waals surface area contributed by atoms with Crippen molar-refractivity contribution in [1.29, 1.82) is 0 Å². The maximum Gasteiger partial charge on any atom is 0.232 e. The molecule has 4 rings (SSSR count). The summed E-state index contributed by atoms with van der Waals surface area (Å²) in [5.41, 5.74) is 1.45. The largest absolute Gasteiger partial charge is 0.495 e. The number of rotatable bonds is 4. The first-order valence-electron chi connectivity index (χ1n) is 8.03. The lowest BCUT2D eigenvalue weighted by Crippen LogP contribution is -2.24. The van der Waals surface area contributed by atoms with Gasteiger partial charge < -0.3 is 14.2 Å². The van der Waals surface area contributed by atoms with Crippen LogP contribution in [0.1, 0.15) is 18.2 Å². The van der Waals surface area contributed by atoms with Crippen LogP contribution in [0.5, 0.6) is 5.75 Å². The topological polar surface area (TPSA) is 81.3 Å². The van der Waals surface area contributed by atoms with Gasteiger partial charge in [0.05, 0.1) is 18.7 Å². The third-order valence-corrected chi connectivity index (χ3v) is 4.52. The molecule has 2 aromatic heterocycles. The molecule has 1 amide bonds. The van der Waals surface area contributed by atoms with Crippen LogP contribution < -0.4 is 9.64 Å². The molecule has 1 saturated heterocycles. The third kappa shape index (κ3) is 3.01. The van der Waals surface area contributed by atoms with Crippen molar-refractivity contribution in [3.05, 3.63) is 53.6 Å². The van der Waals surface area contributed by atoms with Crippen LogP contribution in [0.15, 0.2) is 47.2 Å². The van der Waals surface area contributed by atoms with Gasteiger partial charge in [0.15, 0.2) is 0 Å². The molecule has 8 heteroatoms. The minimum absolute atomic E-state index is 0.0424. The van der Waals surface area contributed by atoms with E-state index in [4.69, 9.17) is 20.9 Å². The highest BCUT2D eigenvalue weighted by atomic mass is 35.5. The number of nitrogens with zero attached hydrogens (tertiary/aromatic N) is 4. The van der Waals surface area contributed by atoms with E-state index < -0.39 is 0 Å². The van der Waals surface area contributed by atoms with Crippen LogP contribution in [0.3, 0.4) is 0 Å². The van der Waals surface area contributed by atoms with Crippen LogP contribution in [0, 0.1) is 0 Å². The summed E-state index contributed by atoms with van der Waals surface area (Å²) in [5.74, 6) is 1.28. The summed E-state index contributed by atoms with van der Waals surface area (Å²) in [6, 6.07) is 8.79. The third-order valence-electron chi connectivity index (χ3n) is 4.29. The summed E-state index contributed by atoms with van der Waals surface area (Å²) in [7, 11) is 1.56. The molecule has 132 valence electrons. The molecule has 0 radical (unpaired) electrons. The average Bonchev–Trinajstić information content (AvgIpc) is 3.29. The molecule has 3 aromatic rings. The molecular formula is C18H15ClN4O3. The number of carbonyl (C=O) groups excluding carboxylic acids is 1. The Morgan fingerprint density at radius 3 is 2.85 bits per heavy atom. The van der Waals surface area contributed by atoms with Crippen LogP contribution in [-0.2, 0) is 4.79 Å². The van der Waals surface area contributed by atoms with Gasteiger partial charge in [0.1, 0.15) is 5.75 Å². The van der Waals surface area contributed by atoms with Crippen molar-refractivity contribution in [2.45, 2.75) is 12.3 Å². The Kier molecular flexibility index (Phi) is 4.30. The van der Waals surface area contributed by atoms with Gasteiger partial charge in [-0.15, -0.1) is 0 Å². The van der Waals surface area contributed by atoms with E-state index in [1.54, 1.807) is 54.7 Å². The number of carbonyl (C=O) groups is 1. The van der Waals surface area contributed by atoms with E-state index in [1.807, 2.05) is 0 Å². The molecule has 0 spiro atoms. The normalized spacial score (nSPS) is 16.9. The molecule has 0 N–H and O–H groups in total. The fourth-order valence-corrected chi connectivity index (χ4v) is 3.17. The molecule has 1 atom stereocenters. The quantitative estimate of drug-likeness (QED) is 0.700. The van der Waals surface area contributed by atoms with Gasteiger partial charge in [-0.3, -0.25) is 9.78 Å². The van der Waals surface area contributed by atoms with Crippen LogP contribution in [0.2, 0.25) is 5.02 Å². The van der Waals surface area contributed by atoms with Crippen molar-refractivity contribution in [2.75, 3.05) is 18.6 Å². The second kappa shape index (κ2) is 6.76. The maximum absolute atomic E-state index is 12.5. The standard InChI is InChI=1S/C18H15ClN4O3/c1-25-15-3-2-13(19)9-14(15)23-10-12(8-16(23)24)18-21-17(22-26-18)11-4-6-20-7-5-11/h2-7,9,12H,8,10H2,1H3. The minimum Gasteiger partial charge on any atom is -0.495 e. The smallest absolute Gasteiger partial charge is 0.232 e. The second-order valence-corrected chi connectivity index (χ2v) is 6.35. The first kappa shape index (κ1) is 16.5. The lowest BCUT2D eigenvalue weighted by molar-refractivity contribution is -0.117. The number of benzene rings is 1. The fraction of sp³-hybridized carbons (Fsp3) is 0.222. The summed E-state index contributed by atoms with van der Waals surface area (Å²) >= 11 is 6.09. The monoisotopic (exact) mass is 370 g/mol. The molecule has 1 aliphatic rings. The van der Waals surface area contributed by atoms with Crippen LogP contribution in [0.25, 0.3) is 11.4 Å². The maximum atomic E-state index is 12.5. The van der Waals surface area contributed by atoms with Gasteiger partial charge in [-0.2, -0.15) is 4.98 Å². The average molecular weight is 371 g/mol. The number of hydrogen-bond donors (Lipinski definition) is 0. The van der Waals surface area contributed by atoms with Crippen molar-refractivity contribution in [3.8, 4) is 17.1 Å². The Labute approximate surface area is 154 Å². The summed E-state index contributed by atoms with van der Waals surface area (Å²) < 4.78 is 10.8. The number of hydrogen-bond acceptors (Lipinski definition) is 6. The fourth-order valence-electron chi connectivity index (χ4n) is 3.00. The molecule has 0 saturated carbocycles. The highest BCUT2D eigenvalue weighted by Crippen LogP contribution is 2.37. The van der Waals surface area contributed by atoms with Gasteiger partial charge in [-0.05, 0) is 30.3 Å². The van der Waals surface area contributed by atoms with Gasteiger partial charge >= 0.3 is 0 Å². The Morgan fingerprint density at radius 2 is 2.08 bits per heavy atom. The summed E-state index contributed by atoms with van der Waals surface area (Å²) in [6.45, 7) is 0.424. The van der Waals surface area contributed by atoms with E-state index >= 15 is 0 Å². The number of methoxy groups -OCH3 is 1. The molecule has 1 unspecified atom stereocenters. The summed E-state index contributed by atoms with van der Waals surface area (Å²) in [5, 5.41) is 4.55. The highest BCUT2D eigenvalue weighted by molar-refractivity contribution is 6.31. The van der Waals surface area contributed by atoms with E-state index in [9.17, 15) is 4.79 Å². The predicted molar refractivity (Wildman–Crippen MR) is 95.2 cm³/mol. The molecule has 1 aromatic carbocycles. The molecule has 3 heterocycles. The van der Waals surface area contributed by atoms with E-state index in [0.717, 1.165) is 5.56 Å². The number of halogens is 1. The number of anilines is 1. The molecule has 26 heavy (non-hydrogen) atoms. The lowest BCUT2D eigenvalue weighted by Gasteiger charge is -2.19. The predicted octanol–water partition coefficient (Wildman–Crippen LogP) is 3.31. The van der Waals surface area contributed by atoms with Crippen molar-refractivity contribution in [3.63, 3.8) is 0 Å². The van der Waals surface area contributed by atoms with Gasteiger partial charge in [0.2, 0.25) is 17.6 Å². The Hall–Kier alpha value is -2.93. The molecular weight excluding hydrogens is 356 g/mol. The van der Waals surface area contributed by atoms with Gasteiger partial charge in [-0.1, -0.05) is 16.8 Å². The molecule has 0 aliphatic carbocycles. The number of aromatic nitrogens is 3.